The third kappa shape index (κ3) is 49.8. The molecule has 0 aliphatic rings. The summed E-state index contributed by atoms with van der Waals surface area (Å²) in [6, 6.07) is 0. The first-order valence-corrected chi connectivity index (χ1v) is 8.10. The predicted molar refractivity (Wildman–Crippen MR) is 99.6 cm³/mol. The first-order chi connectivity index (χ1) is 13.2. The van der Waals surface area contributed by atoms with Gasteiger partial charge in [-0.05, 0) is 5.92 Å². The van der Waals surface area contributed by atoms with E-state index in [0.717, 1.165) is 6.29 Å². The fourth-order valence-corrected chi connectivity index (χ4v) is 1.06. The second-order valence-corrected chi connectivity index (χ2v) is 5.67. The molecule has 0 rings (SSSR count). The van der Waals surface area contributed by atoms with E-state index in [1.807, 2.05) is 13.8 Å². The van der Waals surface area contributed by atoms with Gasteiger partial charge in [-0.15, -0.1) is 0 Å². The summed E-state index contributed by atoms with van der Waals surface area (Å²) in [5.41, 5.74) is -0.243. The van der Waals surface area contributed by atoms with Crippen molar-refractivity contribution in [2.45, 2.75) is 47.5 Å². The molecule has 0 fully saturated rings. The van der Waals surface area contributed by atoms with Crippen molar-refractivity contribution in [2.75, 3.05) is 0 Å². The molecule has 0 radical (unpaired) electrons. The van der Waals surface area contributed by atoms with E-state index in [0.29, 0.717) is 0 Å². The largest absolute Gasteiger partial charge is 1.00 e. The Morgan fingerprint density at radius 2 is 1.27 bits per heavy atom. The summed E-state index contributed by atoms with van der Waals surface area (Å²) < 4.78 is 0. The van der Waals surface area contributed by atoms with Crippen LogP contribution in [0.15, 0.2) is 11.6 Å². The number of hydrogen-bond donors (Lipinski definition) is 2. The van der Waals surface area contributed by atoms with Crippen molar-refractivity contribution in [1.82, 2.24) is 0 Å². The van der Waals surface area contributed by atoms with Gasteiger partial charge in [0.1, 0.15) is 12.3 Å². The van der Waals surface area contributed by atoms with Crippen LogP contribution in [-0.2, 0) is 38.4 Å². The fraction of sp³-hybridized carbons (Fsp3) is 0.500. The average Bonchev–Trinajstić information content (AvgIpc) is 2.60. The molecule has 15 heteroatoms. The third-order valence-electron chi connectivity index (χ3n) is 2.19. The Balaban J connectivity index is -0.0000000469. The summed E-state index contributed by atoms with van der Waals surface area (Å²) in [7, 11) is 0. The summed E-state index contributed by atoms with van der Waals surface area (Å²) in [4.78, 5) is 76.7. The topological polar surface area (TPSA) is 262 Å². The van der Waals surface area contributed by atoms with Gasteiger partial charge < -0.3 is 35.9 Å². The van der Waals surface area contributed by atoms with E-state index < -0.39 is 35.9 Å². The van der Waals surface area contributed by atoms with Crippen LogP contribution in [0, 0.1) is 11.8 Å². The summed E-state index contributed by atoms with van der Waals surface area (Å²) in [6.45, 7) is 8.64. The summed E-state index contributed by atoms with van der Waals surface area (Å²) in [5.74, 6) is -6.35. The molecule has 0 aromatic heterocycles. The number of aldehydes is 1. The molecule has 0 aliphatic heterocycles. The standard InChI is InChI=1S/C9H12O5.C4H6O3.C4H8O.CO2.2K.2H2O/c1-5(2)3-6(4-7(10)11)8(12)9(13)14;1-2-3(5)4(6)7;1-4(2)3-5;2-1-3;;;;/h3,5H,4H2,1-2H3,(H,10,11)(H,13,14);2H2,1H3,(H,6,7);3-4H,1-2H3;;;;2*1H2/q;;;;2*+1;;/p-2/b6-3+;;;;;;;. The molecule has 13 nitrogen and oxygen atoms in total. The van der Waals surface area contributed by atoms with Crippen LogP contribution in [0.1, 0.15) is 47.5 Å². The summed E-state index contributed by atoms with van der Waals surface area (Å²) in [5, 5.41) is 26.5. The molecule has 0 saturated heterocycles. The number of ketones is 2. The van der Waals surface area contributed by atoms with Gasteiger partial charge in [-0.3, -0.25) is 14.4 Å². The Bertz CT molecular complexity index is 635. The number of allylic oxidation sites excluding steroid dienone is 1. The molecule has 0 unspecified atom stereocenters. The molecule has 0 spiro atoms. The first kappa shape index (κ1) is 53.9. The van der Waals surface area contributed by atoms with Gasteiger partial charge in [-0.25, -0.2) is 4.79 Å². The van der Waals surface area contributed by atoms with Gasteiger partial charge in [0.05, 0.1) is 6.42 Å². The van der Waals surface area contributed by atoms with Gasteiger partial charge in [-0.1, -0.05) is 40.7 Å². The van der Waals surface area contributed by atoms with Crippen LogP contribution in [0.5, 0.6) is 0 Å². The molecule has 0 aliphatic carbocycles. The van der Waals surface area contributed by atoms with Crippen LogP contribution < -0.4 is 108 Å². The zero-order valence-electron chi connectivity index (χ0n) is 19.7. The number of carbonyl (C=O) groups excluding carboxylic acids is 6. The molecular formula is C18H28K2O13. The number of carbonyl (C=O) groups is 6. The number of hydrogen-bond acceptors (Lipinski definition) is 10. The van der Waals surface area contributed by atoms with E-state index in [1.54, 1.807) is 13.8 Å². The van der Waals surface area contributed by atoms with E-state index in [4.69, 9.17) is 19.8 Å². The molecule has 0 heterocycles. The number of carboxylic acid groups (broad SMARTS) is 3. The molecule has 0 bridgehead atoms. The second-order valence-electron chi connectivity index (χ2n) is 5.67. The van der Waals surface area contributed by atoms with Crippen molar-refractivity contribution >= 4 is 41.9 Å². The Kier molecular flexibility index (Phi) is 59.3. The minimum Gasteiger partial charge on any atom is -0.870 e. The van der Waals surface area contributed by atoms with Crippen molar-refractivity contribution in [3.63, 3.8) is 0 Å². The maximum Gasteiger partial charge on any atom is 1.00 e. The molecule has 0 saturated carbocycles. The van der Waals surface area contributed by atoms with Crippen LogP contribution in [0.2, 0.25) is 0 Å². The van der Waals surface area contributed by atoms with Gasteiger partial charge in [0, 0.05) is 17.9 Å². The van der Waals surface area contributed by atoms with Crippen LogP contribution in [0.25, 0.3) is 0 Å². The second kappa shape index (κ2) is 36.3. The van der Waals surface area contributed by atoms with Crippen molar-refractivity contribution < 1.29 is 167 Å². The zero-order chi connectivity index (χ0) is 24.2. The monoisotopic (exact) mass is 530 g/mol. The van der Waals surface area contributed by atoms with Crippen molar-refractivity contribution in [1.29, 1.82) is 0 Å². The van der Waals surface area contributed by atoms with E-state index in [2.05, 4.69) is 0 Å². The van der Waals surface area contributed by atoms with Gasteiger partial charge in [0.15, 0.2) is 0 Å². The quantitative estimate of drug-likeness (QED) is 0.128. The molecule has 180 valence electrons. The summed E-state index contributed by atoms with van der Waals surface area (Å²) >= 11 is 0. The van der Waals surface area contributed by atoms with E-state index in [9.17, 15) is 33.9 Å². The molecule has 5 N–H and O–H groups in total. The minimum atomic E-state index is -1.88. The maximum absolute atomic E-state index is 10.9. The zero-order valence-corrected chi connectivity index (χ0v) is 26.0. The van der Waals surface area contributed by atoms with Gasteiger partial charge in [0.2, 0.25) is 11.6 Å². The van der Waals surface area contributed by atoms with Crippen molar-refractivity contribution in [3.8, 4) is 0 Å². The molecule has 0 amide bonds. The van der Waals surface area contributed by atoms with E-state index >= 15 is 0 Å². The van der Waals surface area contributed by atoms with Crippen LogP contribution in [0.4, 0.5) is 0 Å². The Morgan fingerprint density at radius 1 is 0.939 bits per heavy atom. The molecule has 33 heavy (non-hydrogen) atoms. The maximum atomic E-state index is 10.9. The number of aliphatic carboxylic acids is 3. The Hall–Kier alpha value is -0.267. The first-order valence-electron chi connectivity index (χ1n) is 8.10. The molecule has 0 aromatic carbocycles. The van der Waals surface area contributed by atoms with Crippen LogP contribution in [0.3, 0.4) is 0 Å². The summed E-state index contributed by atoms with van der Waals surface area (Å²) in [6.07, 6.45) is 1.96. The van der Waals surface area contributed by atoms with Gasteiger partial charge in [0.25, 0.3) is 0 Å². The van der Waals surface area contributed by atoms with Crippen molar-refractivity contribution in [3.05, 3.63) is 11.6 Å². The van der Waals surface area contributed by atoms with E-state index in [1.165, 1.54) is 13.0 Å². The molecule has 0 atom stereocenters. The van der Waals surface area contributed by atoms with Crippen LogP contribution >= 0.6 is 0 Å². The Labute approximate surface area is 276 Å². The van der Waals surface area contributed by atoms with Gasteiger partial charge in [-0.2, -0.15) is 9.59 Å². The van der Waals surface area contributed by atoms with Gasteiger partial charge >= 0.3 is 121 Å². The Morgan fingerprint density at radius 3 is 1.39 bits per heavy atom. The average molecular weight is 531 g/mol. The fourth-order valence-electron chi connectivity index (χ4n) is 1.06. The van der Waals surface area contributed by atoms with Crippen LogP contribution in [-0.4, -0.2) is 63.1 Å². The smallest absolute Gasteiger partial charge is 0.870 e. The normalized spacial score (nSPS) is 8.15. The number of carboxylic acids is 3. The molecule has 0 aromatic rings. The number of rotatable bonds is 8. The predicted octanol–water partition coefficient (Wildman–Crippen LogP) is -7.32. The van der Waals surface area contributed by atoms with Crippen molar-refractivity contribution in [2.24, 2.45) is 11.8 Å². The SMILES string of the molecule is CC(C)/C=C(\CC(=O)O)C(=O)C(=O)[O-].CC(C)C=O.CCC(=O)C(=O)O.O.O=C=O.[K+].[K+].[OH-]. The number of Topliss-reactive ketones (excluding diaryl/α,β-unsaturated/α-hetero) is 2. The third-order valence-corrected chi connectivity index (χ3v) is 2.19. The molecular weight excluding hydrogens is 502 g/mol. The van der Waals surface area contributed by atoms with E-state index in [-0.39, 0.29) is 144 Å². The minimum absolute atomic E-state index is 0.